The van der Waals surface area contributed by atoms with Gasteiger partial charge in [0, 0.05) is 0 Å². The van der Waals surface area contributed by atoms with Crippen molar-refractivity contribution in [1.82, 2.24) is 0 Å². The molecule has 65 valence electrons. The van der Waals surface area contributed by atoms with Gasteiger partial charge in [0.2, 0.25) is 0 Å². The van der Waals surface area contributed by atoms with Crippen LogP contribution in [0.2, 0.25) is 0 Å². The molecular formula is C11H8ClO. The summed E-state index contributed by atoms with van der Waals surface area (Å²) in [5.74, 6) is 0. The number of benzene rings is 2. The Bertz CT molecular complexity index is 423. The molecule has 13 heavy (non-hydrogen) atoms. The van der Waals surface area contributed by atoms with E-state index in [4.69, 9.17) is 11.6 Å². The Kier molecular flexibility index (Phi) is 2.21. The Hall–Kier alpha value is -1.05. The fourth-order valence-corrected chi connectivity index (χ4v) is 1.48. The van der Waals surface area contributed by atoms with Crippen LogP contribution in [0.3, 0.4) is 0 Å². The fraction of sp³-hybridized carbons (Fsp3) is 0.0909. The van der Waals surface area contributed by atoms with E-state index >= 15 is 0 Å². The predicted octanol–water partition coefficient (Wildman–Crippen LogP) is 3.51. The van der Waals surface area contributed by atoms with Crippen LogP contribution in [0.1, 0.15) is 11.1 Å². The van der Waals surface area contributed by atoms with Crippen molar-refractivity contribution in [3.63, 3.8) is 0 Å². The van der Waals surface area contributed by atoms with E-state index in [1.807, 2.05) is 36.4 Å². The molecule has 1 nitrogen and oxygen atoms in total. The van der Waals surface area contributed by atoms with E-state index in [1.165, 1.54) is 0 Å². The van der Waals surface area contributed by atoms with Crippen LogP contribution in [-0.4, -0.2) is 0 Å². The SMILES string of the molecule is [O]C(Cl)c1ccc2ccccc2c1. The second kappa shape index (κ2) is 3.36. The van der Waals surface area contributed by atoms with Crippen molar-refractivity contribution in [2.75, 3.05) is 0 Å². The molecule has 2 aromatic carbocycles. The molecule has 2 rings (SSSR count). The first kappa shape index (κ1) is 8.54. The summed E-state index contributed by atoms with van der Waals surface area (Å²) in [6.07, 6.45) is 0. The maximum Gasteiger partial charge on any atom is 0.191 e. The average Bonchev–Trinajstić information content (AvgIpc) is 2.17. The highest BCUT2D eigenvalue weighted by molar-refractivity contribution is 6.19. The maximum atomic E-state index is 10.9. The maximum absolute atomic E-state index is 10.9. The molecule has 0 aliphatic heterocycles. The normalized spacial score (nSPS) is 13.1. The van der Waals surface area contributed by atoms with Crippen molar-refractivity contribution in [3.05, 3.63) is 48.0 Å². The van der Waals surface area contributed by atoms with Crippen molar-refractivity contribution in [2.45, 2.75) is 5.56 Å². The van der Waals surface area contributed by atoms with Crippen LogP contribution < -0.4 is 0 Å². The summed E-state index contributed by atoms with van der Waals surface area (Å²) >= 11 is 5.45. The van der Waals surface area contributed by atoms with E-state index in [0.717, 1.165) is 10.8 Å². The minimum absolute atomic E-state index is 0.625. The number of halogens is 1. The van der Waals surface area contributed by atoms with Gasteiger partial charge in [-0.1, -0.05) is 48.0 Å². The molecule has 2 heteroatoms. The standard InChI is InChI=1S/C11H8ClO/c12-11(13)10-6-5-8-3-1-2-4-9(8)7-10/h1-7,11H. The molecule has 2 aromatic rings. The van der Waals surface area contributed by atoms with Gasteiger partial charge >= 0.3 is 0 Å². The van der Waals surface area contributed by atoms with Gasteiger partial charge < -0.3 is 0 Å². The lowest BCUT2D eigenvalue weighted by atomic mass is 10.1. The first-order chi connectivity index (χ1) is 6.27. The van der Waals surface area contributed by atoms with Crippen LogP contribution in [0.25, 0.3) is 10.8 Å². The Morgan fingerprint density at radius 2 is 1.69 bits per heavy atom. The zero-order valence-corrected chi connectivity index (χ0v) is 7.66. The van der Waals surface area contributed by atoms with Gasteiger partial charge in [0.15, 0.2) is 5.56 Å². The van der Waals surface area contributed by atoms with Crippen molar-refractivity contribution in [3.8, 4) is 0 Å². The molecule has 0 aromatic heterocycles. The lowest BCUT2D eigenvalue weighted by molar-refractivity contribution is 0.161. The van der Waals surface area contributed by atoms with Crippen LogP contribution >= 0.6 is 11.6 Å². The zero-order valence-electron chi connectivity index (χ0n) is 6.91. The predicted molar refractivity (Wildman–Crippen MR) is 53.2 cm³/mol. The van der Waals surface area contributed by atoms with Gasteiger partial charge in [-0.05, 0) is 22.4 Å². The van der Waals surface area contributed by atoms with Gasteiger partial charge in [-0.3, -0.25) is 0 Å². The minimum atomic E-state index is -1.16. The molecule has 0 fully saturated rings. The molecule has 1 unspecified atom stereocenters. The highest BCUT2D eigenvalue weighted by Crippen LogP contribution is 2.22. The third-order valence-electron chi connectivity index (χ3n) is 2.04. The highest BCUT2D eigenvalue weighted by Gasteiger charge is 2.04. The molecule has 0 saturated carbocycles. The molecule has 0 saturated heterocycles. The molecule has 0 bridgehead atoms. The summed E-state index contributed by atoms with van der Waals surface area (Å²) in [4.78, 5) is 0. The van der Waals surface area contributed by atoms with E-state index in [9.17, 15) is 5.11 Å². The van der Waals surface area contributed by atoms with E-state index in [0.29, 0.717) is 5.56 Å². The number of hydrogen-bond acceptors (Lipinski definition) is 0. The zero-order chi connectivity index (χ0) is 9.26. The van der Waals surface area contributed by atoms with Gasteiger partial charge in [-0.2, -0.15) is 0 Å². The number of hydrogen-bond donors (Lipinski definition) is 0. The Morgan fingerprint density at radius 1 is 1.00 bits per heavy atom. The first-order valence-corrected chi connectivity index (χ1v) is 4.49. The summed E-state index contributed by atoms with van der Waals surface area (Å²) in [6, 6.07) is 13.4. The minimum Gasteiger partial charge on any atom is -0.210 e. The monoisotopic (exact) mass is 191 g/mol. The number of fused-ring (bicyclic) bond motifs is 1. The first-order valence-electron chi connectivity index (χ1n) is 4.06. The van der Waals surface area contributed by atoms with Crippen molar-refractivity contribution < 1.29 is 5.11 Å². The van der Waals surface area contributed by atoms with Crippen LogP contribution in [-0.2, 0) is 5.11 Å². The molecule has 1 atom stereocenters. The highest BCUT2D eigenvalue weighted by atomic mass is 35.5. The topological polar surface area (TPSA) is 19.9 Å². The van der Waals surface area contributed by atoms with Gasteiger partial charge in [0.05, 0.1) is 0 Å². The van der Waals surface area contributed by atoms with Gasteiger partial charge in [0.25, 0.3) is 0 Å². The van der Waals surface area contributed by atoms with Crippen LogP contribution in [0.15, 0.2) is 42.5 Å². The molecule has 0 N–H and O–H groups in total. The third-order valence-corrected chi connectivity index (χ3v) is 2.29. The van der Waals surface area contributed by atoms with Gasteiger partial charge in [-0.25, -0.2) is 5.11 Å². The summed E-state index contributed by atoms with van der Waals surface area (Å²) in [6.45, 7) is 0. The van der Waals surface area contributed by atoms with Crippen LogP contribution in [0, 0.1) is 0 Å². The van der Waals surface area contributed by atoms with E-state index in [1.54, 1.807) is 6.07 Å². The Balaban J connectivity index is 2.62. The van der Waals surface area contributed by atoms with Gasteiger partial charge in [0.1, 0.15) is 0 Å². The number of rotatable bonds is 1. The van der Waals surface area contributed by atoms with Crippen molar-refractivity contribution in [2.24, 2.45) is 0 Å². The lowest BCUT2D eigenvalue weighted by Crippen LogP contribution is -1.85. The van der Waals surface area contributed by atoms with E-state index in [-0.39, 0.29) is 0 Å². The largest absolute Gasteiger partial charge is 0.210 e. The Labute approximate surface area is 81.6 Å². The van der Waals surface area contributed by atoms with E-state index in [2.05, 4.69) is 0 Å². The van der Waals surface area contributed by atoms with Crippen molar-refractivity contribution in [1.29, 1.82) is 0 Å². The third kappa shape index (κ3) is 1.67. The molecule has 0 aliphatic carbocycles. The number of alkyl halides is 1. The molecule has 0 spiro atoms. The molecular weight excluding hydrogens is 184 g/mol. The van der Waals surface area contributed by atoms with Gasteiger partial charge in [-0.15, -0.1) is 0 Å². The summed E-state index contributed by atoms with van der Waals surface area (Å²) < 4.78 is 0. The Morgan fingerprint density at radius 3 is 2.38 bits per heavy atom. The summed E-state index contributed by atoms with van der Waals surface area (Å²) in [5.41, 5.74) is -0.537. The average molecular weight is 192 g/mol. The molecule has 0 heterocycles. The smallest absolute Gasteiger partial charge is 0.191 e. The summed E-state index contributed by atoms with van der Waals surface area (Å²) in [5, 5.41) is 13.1. The summed E-state index contributed by atoms with van der Waals surface area (Å²) in [7, 11) is 0. The molecule has 0 amide bonds. The second-order valence-corrected chi connectivity index (χ2v) is 3.32. The van der Waals surface area contributed by atoms with Crippen LogP contribution in [0.5, 0.6) is 0 Å². The lowest BCUT2D eigenvalue weighted by Gasteiger charge is -2.02. The second-order valence-electron chi connectivity index (χ2n) is 2.92. The quantitative estimate of drug-likeness (QED) is 0.615. The van der Waals surface area contributed by atoms with E-state index < -0.39 is 5.56 Å². The van der Waals surface area contributed by atoms with Crippen LogP contribution in [0.4, 0.5) is 0 Å². The molecule has 0 aliphatic rings. The molecule has 1 radical (unpaired) electrons. The van der Waals surface area contributed by atoms with Crippen molar-refractivity contribution >= 4 is 22.4 Å². The fourth-order valence-electron chi connectivity index (χ4n) is 1.35.